The van der Waals surface area contributed by atoms with Gasteiger partial charge in [-0.05, 0) is 56.3 Å². The van der Waals surface area contributed by atoms with Crippen molar-refractivity contribution in [2.75, 3.05) is 0 Å². The molecule has 1 unspecified atom stereocenters. The van der Waals surface area contributed by atoms with Crippen LogP contribution in [0, 0.1) is 12.8 Å². The van der Waals surface area contributed by atoms with E-state index in [1.54, 1.807) is 16.9 Å². The number of hydrogen-bond acceptors (Lipinski definition) is 5. The van der Waals surface area contributed by atoms with Gasteiger partial charge in [0.25, 0.3) is 5.91 Å². The van der Waals surface area contributed by atoms with Gasteiger partial charge in [0.2, 0.25) is 0 Å². The molecule has 3 aromatic heterocycles. The lowest BCUT2D eigenvalue weighted by molar-refractivity contribution is 0.0937. The van der Waals surface area contributed by atoms with Gasteiger partial charge in [-0.25, -0.2) is 13.9 Å². The molecular formula is C16H17N5OS. The van der Waals surface area contributed by atoms with Crippen molar-refractivity contribution in [2.24, 2.45) is 5.92 Å². The van der Waals surface area contributed by atoms with E-state index in [1.165, 1.54) is 24.4 Å². The highest BCUT2D eigenvalue weighted by Gasteiger charge is 2.29. The van der Waals surface area contributed by atoms with E-state index in [1.807, 2.05) is 19.1 Å². The molecule has 1 N–H and O–H groups in total. The highest BCUT2D eigenvalue weighted by atomic mass is 32.1. The molecule has 1 aliphatic carbocycles. The normalized spacial score (nSPS) is 15.7. The van der Waals surface area contributed by atoms with Gasteiger partial charge in [-0.1, -0.05) is 0 Å². The number of fused-ring (bicyclic) bond motifs is 1. The minimum atomic E-state index is -0.104. The second kappa shape index (κ2) is 5.42. The van der Waals surface area contributed by atoms with Crippen LogP contribution in [0.15, 0.2) is 24.5 Å². The van der Waals surface area contributed by atoms with Gasteiger partial charge >= 0.3 is 0 Å². The van der Waals surface area contributed by atoms with Crippen LogP contribution in [0.2, 0.25) is 0 Å². The molecule has 1 atom stereocenters. The Morgan fingerprint density at radius 2 is 2.30 bits per heavy atom. The van der Waals surface area contributed by atoms with Crippen molar-refractivity contribution in [3.05, 3.63) is 35.8 Å². The number of aromatic nitrogens is 4. The topological polar surface area (TPSA) is 72.2 Å². The standard InChI is InChI=1S/C16H17N5OS/c1-9-7-13(14-5-6-18-23-14)20-15-12(8-17-21(9)15)16(22)19-10(2)11-3-4-11/h5-8,10-11H,3-4H2,1-2H3,(H,19,22). The predicted molar refractivity (Wildman–Crippen MR) is 88.5 cm³/mol. The first-order chi connectivity index (χ1) is 11.1. The van der Waals surface area contributed by atoms with E-state index in [4.69, 9.17) is 0 Å². The lowest BCUT2D eigenvalue weighted by Gasteiger charge is -2.12. The molecule has 3 heterocycles. The van der Waals surface area contributed by atoms with Crippen molar-refractivity contribution in [3.63, 3.8) is 0 Å². The van der Waals surface area contributed by atoms with Gasteiger partial charge in [0, 0.05) is 17.9 Å². The lowest BCUT2D eigenvalue weighted by atomic mass is 10.2. The Labute approximate surface area is 137 Å². The Morgan fingerprint density at radius 1 is 1.48 bits per heavy atom. The van der Waals surface area contributed by atoms with Gasteiger partial charge in [0.15, 0.2) is 5.65 Å². The van der Waals surface area contributed by atoms with Gasteiger partial charge in [-0.2, -0.15) is 5.10 Å². The second-order valence-corrected chi connectivity index (χ2v) is 6.89. The smallest absolute Gasteiger partial charge is 0.256 e. The fourth-order valence-electron chi connectivity index (χ4n) is 2.75. The average molecular weight is 327 g/mol. The van der Waals surface area contributed by atoms with Crippen molar-refractivity contribution >= 4 is 23.1 Å². The Bertz CT molecular complexity index is 866. The first-order valence-corrected chi connectivity index (χ1v) is 8.48. The van der Waals surface area contributed by atoms with Crippen LogP contribution in [0.3, 0.4) is 0 Å². The summed E-state index contributed by atoms with van der Waals surface area (Å²) in [5.74, 6) is 0.510. The molecule has 0 radical (unpaired) electrons. The van der Waals surface area contributed by atoms with E-state index < -0.39 is 0 Å². The number of hydrogen-bond donors (Lipinski definition) is 1. The summed E-state index contributed by atoms with van der Waals surface area (Å²) in [4.78, 5) is 18.2. The molecule has 0 aliphatic heterocycles. The minimum Gasteiger partial charge on any atom is -0.349 e. The summed E-state index contributed by atoms with van der Waals surface area (Å²) in [6, 6.07) is 4.08. The Hall–Kier alpha value is -2.28. The van der Waals surface area contributed by atoms with E-state index in [0.29, 0.717) is 17.1 Å². The van der Waals surface area contributed by atoms with E-state index in [-0.39, 0.29) is 11.9 Å². The maximum absolute atomic E-state index is 12.6. The van der Waals surface area contributed by atoms with Gasteiger partial charge in [0.05, 0.1) is 16.8 Å². The van der Waals surface area contributed by atoms with Crippen molar-refractivity contribution < 1.29 is 4.79 Å². The van der Waals surface area contributed by atoms with Crippen LogP contribution in [0.5, 0.6) is 0 Å². The molecule has 3 aromatic rings. The van der Waals surface area contributed by atoms with Crippen LogP contribution in [0.1, 0.15) is 35.8 Å². The average Bonchev–Trinajstić information content (AvgIpc) is 3.07. The largest absolute Gasteiger partial charge is 0.349 e. The number of amides is 1. The number of carbonyl (C=O) groups excluding carboxylic acids is 1. The predicted octanol–water partition coefficient (Wildman–Crippen LogP) is 2.69. The van der Waals surface area contributed by atoms with Crippen LogP contribution >= 0.6 is 11.5 Å². The molecule has 1 fully saturated rings. The zero-order valence-electron chi connectivity index (χ0n) is 13.0. The molecule has 0 aromatic carbocycles. The zero-order chi connectivity index (χ0) is 16.0. The monoisotopic (exact) mass is 327 g/mol. The van der Waals surface area contributed by atoms with Crippen molar-refractivity contribution in [3.8, 4) is 10.6 Å². The minimum absolute atomic E-state index is 0.104. The fraction of sp³-hybridized carbons (Fsp3) is 0.375. The Balaban J connectivity index is 1.73. The molecule has 4 rings (SSSR count). The summed E-state index contributed by atoms with van der Waals surface area (Å²) < 4.78 is 5.83. The van der Waals surface area contributed by atoms with Gasteiger partial charge in [0.1, 0.15) is 5.56 Å². The van der Waals surface area contributed by atoms with Gasteiger partial charge in [-0.3, -0.25) is 4.79 Å². The summed E-state index contributed by atoms with van der Waals surface area (Å²) in [6.45, 7) is 4.02. The SMILES string of the molecule is Cc1cc(-c2ccns2)nc2c(C(=O)NC(C)C3CC3)cnn12. The molecule has 0 bridgehead atoms. The van der Waals surface area contributed by atoms with Crippen LogP contribution < -0.4 is 5.32 Å². The highest BCUT2D eigenvalue weighted by Crippen LogP contribution is 2.32. The molecular weight excluding hydrogens is 310 g/mol. The molecule has 1 saturated carbocycles. The van der Waals surface area contributed by atoms with E-state index >= 15 is 0 Å². The summed E-state index contributed by atoms with van der Waals surface area (Å²) in [5.41, 5.74) is 2.87. The second-order valence-electron chi connectivity index (χ2n) is 6.05. The zero-order valence-corrected chi connectivity index (χ0v) is 13.8. The van der Waals surface area contributed by atoms with Crippen LogP contribution in [-0.2, 0) is 0 Å². The summed E-state index contributed by atoms with van der Waals surface area (Å²) in [7, 11) is 0. The number of nitrogens with one attached hydrogen (secondary N) is 1. The van der Waals surface area contributed by atoms with E-state index in [9.17, 15) is 4.79 Å². The molecule has 0 spiro atoms. The molecule has 6 nitrogen and oxygen atoms in total. The fourth-order valence-corrected chi connectivity index (χ4v) is 3.30. The summed E-state index contributed by atoms with van der Waals surface area (Å²) >= 11 is 1.39. The van der Waals surface area contributed by atoms with Gasteiger partial charge in [-0.15, -0.1) is 0 Å². The third-order valence-corrected chi connectivity index (χ3v) is 5.04. The highest BCUT2D eigenvalue weighted by molar-refractivity contribution is 7.09. The first kappa shape index (κ1) is 14.3. The number of carbonyl (C=O) groups is 1. The van der Waals surface area contributed by atoms with Crippen molar-refractivity contribution in [1.29, 1.82) is 0 Å². The molecule has 118 valence electrons. The van der Waals surface area contributed by atoms with Crippen LogP contribution in [-0.4, -0.2) is 30.9 Å². The summed E-state index contributed by atoms with van der Waals surface area (Å²) in [5, 5.41) is 7.38. The third kappa shape index (κ3) is 2.61. The molecule has 1 amide bonds. The van der Waals surface area contributed by atoms with Crippen LogP contribution in [0.25, 0.3) is 16.2 Å². The summed E-state index contributed by atoms with van der Waals surface area (Å²) in [6.07, 6.45) is 5.75. The molecule has 0 saturated heterocycles. The number of nitrogens with zero attached hydrogens (tertiary/aromatic N) is 4. The van der Waals surface area contributed by atoms with Crippen molar-refractivity contribution in [1.82, 2.24) is 24.3 Å². The van der Waals surface area contributed by atoms with E-state index in [2.05, 4.69) is 26.7 Å². The number of rotatable bonds is 4. The quantitative estimate of drug-likeness (QED) is 0.799. The third-order valence-electron chi connectivity index (χ3n) is 4.27. The Morgan fingerprint density at radius 3 is 3.00 bits per heavy atom. The maximum atomic E-state index is 12.6. The van der Waals surface area contributed by atoms with Crippen molar-refractivity contribution in [2.45, 2.75) is 32.7 Å². The van der Waals surface area contributed by atoms with E-state index in [0.717, 1.165) is 16.3 Å². The Kier molecular flexibility index (Phi) is 3.37. The first-order valence-electron chi connectivity index (χ1n) is 7.71. The maximum Gasteiger partial charge on any atom is 0.256 e. The lowest BCUT2D eigenvalue weighted by Crippen LogP contribution is -2.34. The number of aryl methyl sites for hydroxylation is 1. The molecule has 1 aliphatic rings. The van der Waals surface area contributed by atoms with Crippen LogP contribution in [0.4, 0.5) is 0 Å². The molecule has 7 heteroatoms. The van der Waals surface area contributed by atoms with Gasteiger partial charge < -0.3 is 5.32 Å². The molecule has 23 heavy (non-hydrogen) atoms.